The number of benzene rings is 2. The van der Waals surface area contributed by atoms with E-state index in [0.29, 0.717) is 31.7 Å². The number of carbonyl (C=O) groups is 2. The molecule has 3 aromatic rings. The molecule has 1 saturated heterocycles. The normalized spacial score (nSPS) is 21.1. The van der Waals surface area contributed by atoms with Gasteiger partial charge in [0.05, 0.1) is 30.2 Å². The molecule has 1 aliphatic carbocycles. The van der Waals surface area contributed by atoms with Gasteiger partial charge in [-0.3, -0.25) is 4.79 Å². The standard InChI is InChI=1S/C35H46N4O4/c1-5-22-42-30-19-13-12-18-29(30)39-25-36-31(32(39)27-16-10-7-11-17-27)33(40)38-21-20-37(34(41)43-35(2,3)4)24-28(38)23-26-14-8-6-9-15-26/h6-11,14-17,25,28-30H,5,12-13,18-24H2,1-4H3/t28-,29+,30+/m1/s1. The van der Waals surface area contributed by atoms with Crippen LogP contribution in [-0.2, 0) is 15.9 Å². The number of amides is 2. The molecule has 230 valence electrons. The predicted molar refractivity (Wildman–Crippen MR) is 168 cm³/mol. The van der Waals surface area contributed by atoms with Gasteiger partial charge in [-0.1, -0.05) is 80.4 Å². The molecule has 2 amide bonds. The van der Waals surface area contributed by atoms with Gasteiger partial charge in [0.1, 0.15) is 5.60 Å². The first-order valence-corrected chi connectivity index (χ1v) is 15.8. The lowest BCUT2D eigenvalue weighted by Crippen LogP contribution is -2.58. The molecule has 0 bridgehead atoms. The average molecular weight is 587 g/mol. The van der Waals surface area contributed by atoms with Crippen molar-refractivity contribution in [3.63, 3.8) is 0 Å². The van der Waals surface area contributed by atoms with Crippen LogP contribution in [0.1, 0.15) is 81.9 Å². The third kappa shape index (κ3) is 7.47. The van der Waals surface area contributed by atoms with Crippen LogP contribution in [0, 0.1) is 0 Å². The van der Waals surface area contributed by atoms with Crippen LogP contribution in [0.15, 0.2) is 67.0 Å². The Morgan fingerprint density at radius 3 is 2.35 bits per heavy atom. The van der Waals surface area contributed by atoms with E-state index >= 15 is 0 Å². The van der Waals surface area contributed by atoms with Gasteiger partial charge in [-0.05, 0) is 52.0 Å². The van der Waals surface area contributed by atoms with E-state index in [1.165, 1.54) is 0 Å². The van der Waals surface area contributed by atoms with Crippen molar-refractivity contribution in [1.82, 2.24) is 19.4 Å². The Balaban J connectivity index is 1.49. The summed E-state index contributed by atoms with van der Waals surface area (Å²) in [6, 6.07) is 20.1. The van der Waals surface area contributed by atoms with E-state index in [2.05, 4.69) is 35.8 Å². The number of nitrogens with zero attached hydrogens (tertiary/aromatic N) is 4. The quantitative estimate of drug-likeness (QED) is 0.291. The molecular formula is C35H46N4O4. The summed E-state index contributed by atoms with van der Waals surface area (Å²) in [5.74, 6) is -0.107. The van der Waals surface area contributed by atoms with E-state index in [9.17, 15) is 9.59 Å². The number of piperazine rings is 1. The second-order valence-corrected chi connectivity index (χ2v) is 12.7. The van der Waals surface area contributed by atoms with Crippen molar-refractivity contribution in [3.05, 3.63) is 78.2 Å². The van der Waals surface area contributed by atoms with Crippen molar-refractivity contribution in [2.24, 2.45) is 0 Å². The first-order valence-electron chi connectivity index (χ1n) is 15.8. The van der Waals surface area contributed by atoms with Gasteiger partial charge in [0, 0.05) is 31.8 Å². The van der Waals surface area contributed by atoms with Crippen LogP contribution in [0.3, 0.4) is 0 Å². The predicted octanol–water partition coefficient (Wildman–Crippen LogP) is 6.76. The lowest BCUT2D eigenvalue weighted by atomic mass is 9.91. The molecule has 1 saturated carbocycles. The Bertz CT molecular complexity index is 1350. The molecule has 3 atom stereocenters. The van der Waals surface area contributed by atoms with Crippen molar-refractivity contribution in [3.8, 4) is 11.3 Å². The molecule has 0 N–H and O–H groups in total. The van der Waals surface area contributed by atoms with E-state index in [1.54, 1.807) is 4.90 Å². The summed E-state index contributed by atoms with van der Waals surface area (Å²) in [4.78, 5) is 36.0. The summed E-state index contributed by atoms with van der Waals surface area (Å²) >= 11 is 0. The maximum absolute atomic E-state index is 14.5. The Morgan fingerprint density at radius 1 is 0.953 bits per heavy atom. The molecule has 1 aromatic heterocycles. The number of carbonyl (C=O) groups excluding carboxylic acids is 2. The van der Waals surface area contributed by atoms with Crippen molar-refractivity contribution < 1.29 is 19.1 Å². The topological polar surface area (TPSA) is 76.9 Å². The van der Waals surface area contributed by atoms with Gasteiger partial charge in [0.25, 0.3) is 5.91 Å². The first-order chi connectivity index (χ1) is 20.7. The minimum atomic E-state index is -0.589. The van der Waals surface area contributed by atoms with Crippen molar-refractivity contribution in [2.45, 2.75) is 90.0 Å². The molecule has 8 nitrogen and oxygen atoms in total. The van der Waals surface area contributed by atoms with Gasteiger partial charge in [-0.25, -0.2) is 9.78 Å². The average Bonchev–Trinajstić information content (AvgIpc) is 3.45. The highest BCUT2D eigenvalue weighted by atomic mass is 16.6. The Labute approximate surface area is 256 Å². The van der Waals surface area contributed by atoms with Crippen molar-refractivity contribution in [1.29, 1.82) is 0 Å². The number of imidazole rings is 1. The second-order valence-electron chi connectivity index (χ2n) is 12.7. The van der Waals surface area contributed by atoms with E-state index in [0.717, 1.165) is 55.5 Å². The Morgan fingerprint density at radius 2 is 1.65 bits per heavy atom. The molecule has 0 radical (unpaired) electrons. The van der Waals surface area contributed by atoms with E-state index in [-0.39, 0.29) is 30.2 Å². The number of hydrogen-bond acceptors (Lipinski definition) is 5. The second kappa shape index (κ2) is 13.8. The Hall–Kier alpha value is -3.65. The van der Waals surface area contributed by atoms with Crippen LogP contribution in [0.5, 0.6) is 0 Å². The summed E-state index contributed by atoms with van der Waals surface area (Å²) in [5.41, 5.74) is 2.79. The van der Waals surface area contributed by atoms with Crippen molar-refractivity contribution >= 4 is 12.0 Å². The maximum atomic E-state index is 14.5. The monoisotopic (exact) mass is 586 g/mol. The molecule has 43 heavy (non-hydrogen) atoms. The van der Waals surface area contributed by atoms with E-state index in [1.807, 2.05) is 68.4 Å². The number of hydrogen-bond donors (Lipinski definition) is 0. The van der Waals surface area contributed by atoms with Gasteiger partial charge in [-0.15, -0.1) is 0 Å². The largest absolute Gasteiger partial charge is 0.444 e. The van der Waals surface area contributed by atoms with Crippen LogP contribution in [-0.4, -0.2) is 75.3 Å². The molecule has 0 unspecified atom stereocenters. The Kier molecular flexibility index (Phi) is 9.86. The fourth-order valence-electron chi connectivity index (χ4n) is 6.32. The van der Waals surface area contributed by atoms with Gasteiger partial charge in [0.15, 0.2) is 5.69 Å². The van der Waals surface area contributed by atoms with Crippen LogP contribution in [0.4, 0.5) is 4.79 Å². The van der Waals surface area contributed by atoms with Crippen molar-refractivity contribution in [2.75, 3.05) is 26.2 Å². The minimum absolute atomic E-state index is 0.0940. The van der Waals surface area contributed by atoms with Gasteiger partial charge in [-0.2, -0.15) is 0 Å². The molecule has 1 aliphatic heterocycles. The van der Waals surface area contributed by atoms with Crippen LogP contribution in [0.2, 0.25) is 0 Å². The lowest BCUT2D eigenvalue weighted by Gasteiger charge is -2.41. The first kappa shape index (κ1) is 30.8. The number of rotatable bonds is 8. The van der Waals surface area contributed by atoms with Gasteiger partial charge >= 0.3 is 6.09 Å². The smallest absolute Gasteiger partial charge is 0.410 e. The van der Waals surface area contributed by atoms with Gasteiger partial charge in [0.2, 0.25) is 0 Å². The summed E-state index contributed by atoms with van der Waals surface area (Å²) in [6.07, 6.45) is 7.46. The van der Waals surface area contributed by atoms with Crippen LogP contribution >= 0.6 is 0 Å². The third-order valence-corrected chi connectivity index (χ3v) is 8.31. The van der Waals surface area contributed by atoms with E-state index < -0.39 is 5.60 Å². The molecule has 2 heterocycles. The highest BCUT2D eigenvalue weighted by molar-refractivity contribution is 5.98. The van der Waals surface area contributed by atoms with Crippen LogP contribution < -0.4 is 0 Å². The van der Waals surface area contributed by atoms with E-state index in [4.69, 9.17) is 14.5 Å². The summed E-state index contributed by atoms with van der Waals surface area (Å²) in [5, 5.41) is 0. The molecule has 2 fully saturated rings. The molecule has 2 aliphatic rings. The molecule has 2 aromatic carbocycles. The number of aromatic nitrogens is 2. The third-order valence-electron chi connectivity index (χ3n) is 8.31. The molecule has 8 heteroatoms. The molecule has 0 spiro atoms. The highest BCUT2D eigenvalue weighted by Gasteiger charge is 2.38. The summed E-state index contributed by atoms with van der Waals surface area (Å²) in [6.45, 7) is 9.69. The number of ether oxygens (including phenoxy) is 2. The molecular weight excluding hydrogens is 540 g/mol. The zero-order valence-corrected chi connectivity index (χ0v) is 26.1. The van der Waals surface area contributed by atoms with Gasteiger partial charge < -0.3 is 23.8 Å². The lowest BCUT2D eigenvalue weighted by molar-refractivity contribution is -0.00518. The SMILES string of the molecule is CCCO[C@H]1CCCC[C@@H]1n1cnc(C(=O)N2CCN(C(=O)OC(C)(C)C)C[C@H]2Cc2ccccc2)c1-c1ccccc1. The maximum Gasteiger partial charge on any atom is 0.410 e. The summed E-state index contributed by atoms with van der Waals surface area (Å²) < 4.78 is 14.2. The zero-order chi connectivity index (χ0) is 30.4. The zero-order valence-electron chi connectivity index (χ0n) is 26.1. The summed E-state index contributed by atoms with van der Waals surface area (Å²) in [7, 11) is 0. The van der Waals surface area contributed by atoms with Crippen LogP contribution in [0.25, 0.3) is 11.3 Å². The highest BCUT2D eigenvalue weighted by Crippen LogP contribution is 2.36. The fourth-order valence-corrected chi connectivity index (χ4v) is 6.32. The minimum Gasteiger partial charge on any atom is -0.444 e. The molecule has 5 rings (SSSR count). The fraction of sp³-hybridized carbons (Fsp3) is 0.514.